The van der Waals surface area contributed by atoms with E-state index < -0.39 is 5.97 Å². The Morgan fingerprint density at radius 2 is 2.14 bits per heavy atom. The number of methoxy groups -OCH3 is 1. The van der Waals surface area contributed by atoms with Gasteiger partial charge < -0.3 is 23.9 Å². The van der Waals surface area contributed by atoms with Crippen molar-refractivity contribution in [1.29, 1.82) is 0 Å². The first kappa shape index (κ1) is 15.5. The third kappa shape index (κ3) is 4.05. The van der Waals surface area contributed by atoms with Crippen LogP contribution in [0.1, 0.15) is 27.5 Å². The molecular formula is C14H19NO6. The molecule has 0 aromatic carbocycles. The maximum absolute atomic E-state index is 12.2. The first-order chi connectivity index (χ1) is 10.1. The molecule has 1 aromatic rings. The topological polar surface area (TPSA) is 89.2 Å². The molecule has 2 rings (SSSR count). The molecule has 7 heteroatoms. The Bertz CT molecular complexity index is 497. The summed E-state index contributed by atoms with van der Waals surface area (Å²) >= 11 is 0. The smallest absolute Gasteiger partial charge is 0.371 e. The van der Waals surface area contributed by atoms with Crippen molar-refractivity contribution in [3.05, 3.63) is 23.7 Å². The van der Waals surface area contributed by atoms with Gasteiger partial charge in [0.15, 0.2) is 5.76 Å². The summed E-state index contributed by atoms with van der Waals surface area (Å²) in [5, 5.41) is 8.78. The van der Waals surface area contributed by atoms with Crippen LogP contribution >= 0.6 is 0 Å². The Kier molecular flexibility index (Phi) is 5.35. The van der Waals surface area contributed by atoms with Crippen LogP contribution < -0.4 is 0 Å². The highest BCUT2D eigenvalue weighted by molar-refractivity contribution is 5.93. The van der Waals surface area contributed by atoms with Crippen LogP contribution in [0.5, 0.6) is 0 Å². The van der Waals surface area contributed by atoms with E-state index in [2.05, 4.69) is 0 Å². The monoisotopic (exact) mass is 297 g/mol. The number of hydrogen-bond acceptors (Lipinski definition) is 5. The van der Waals surface area contributed by atoms with Gasteiger partial charge in [-0.05, 0) is 18.6 Å². The predicted octanol–water partition coefficient (Wildman–Crippen LogP) is 1.10. The summed E-state index contributed by atoms with van der Waals surface area (Å²) in [5.41, 5.74) is 0. The standard InChI is InChI=1S/C14H19NO6/c1-19-6-7-20-9-10-4-5-15(8-10)13(16)11-2-3-12(21-11)14(17)18/h2-3,10H,4-9H2,1H3,(H,17,18). The van der Waals surface area contributed by atoms with Crippen molar-refractivity contribution in [2.75, 3.05) is 40.0 Å². The second kappa shape index (κ2) is 7.24. The Labute approximate surface area is 122 Å². The molecule has 116 valence electrons. The minimum absolute atomic E-state index is 0.0633. The van der Waals surface area contributed by atoms with Gasteiger partial charge in [0.05, 0.1) is 19.8 Å². The van der Waals surface area contributed by atoms with Gasteiger partial charge in [-0.1, -0.05) is 0 Å². The van der Waals surface area contributed by atoms with E-state index in [4.69, 9.17) is 19.0 Å². The van der Waals surface area contributed by atoms with Gasteiger partial charge in [0, 0.05) is 26.1 Å². The van der Waals surface area contributed by atoms with Gasteiger partial charge in [-0.2, -0.15) is 0 Å². The van der Waals surface area contributed by atoms with E-state index in [0.29, 0.717) is 38.8 Å². The largest absolute Gasteiger partial charge is 0.475 e. The fourth-order valence-corrected chi connectivity index (χ4v) is 2.27. The molecule has 0 saturated carbocycles. The first-order valence-electron chi connectivity index (χ1n) is 6.81. The summed E-state index contributed by atoms with van der Waals surface area (Å²) in [5.74, 6) is -1.33. The van der Waals surface area contributed by atoms with Gasteiger partial charge in [-0.25, -0.2) is 4.79 Å². The number of amides is 1. The average Bonchev–Trinajstić information content (AvgIpc) is 3.12. The normalized spacial score (nSPS) is 18.1. The molecule has 0 radical (unpaired) electrons. The molecule has 1 fully saturated rings. The lowest BCUT2D eigenvalue weighted by Crippen LogP contribution is -2.29. The molecule has 7 nitrogen and oxygen atoms in total. The predicted molar refractivity (Wildman–Crippen MR) is 72.4 cm³/mol. The molecule has 1 N–H and O–H groups in total. The molecule has 1 aromatic heterocycles. The molecule has 1 unspecified atom stereocenters. The summed E-state index contributed by atoms with van der Waals surface area (Å²) in [6, 6.07) is 2.69. The molecule has 1 aliphatic heterocycles. The number of nitrogens with zero attached hydrogens (tertiary/aromatic N) is 1. The van der Waals surface area contributed by atoms with Gasteiger partial charge in [-0.3, -0.25) is 4.79 Å². The zero-order valence-corrected chi connectivity index (χ0v) is 11.9. The summed E-state index contributed by atoms with van der Waals surface area (Å²) in [4.78, 5) is 24.6. The van der Waals surface area contributed by atoms with Crippen molar-refractivity contribution < 1.29 is 28.6 Å². The van der Waals surface area contributed by atoms with Crippen LogP contribution in [-0.4, -0.2) is 61.9 Å². The fraction of sp³-hybridized carbons (Fsp3) is 0.571. The highest BCUT2D eigenvalue weighted by Gasteiger charge is 2.29. The van der Waals surface area contributed by atoms with E-state index in [-0.39, 0.29) is 17.4 Å². The second-order valence-corrected chi connectivity index (χ2v) is 4.94. The van der Waals surface area contributed by atoms with Crippen molar-refractivity contribution in [1.82, 2.24) is 4.90 Å². The van der Waals surface area contributed by atoms with E-state index in [1.807, 2.05) is 0 Å². The lowest BCUT2D eigenvalue weighted by molar-refractivity contribution is 0.0511. The van der Waals surface area contributed by atoms with Gasteiger partial charge >= 0.3 is 5.97 Å². The zero-order chi connectivity index (χ0) is 15.2. The van der Waals surface area contributed by atoms with E-state index in [1.165, 1.54) is 12.1 Å². The fourth-order valence-electron chi connectivity index (χ4n) is 2.27. The van der Waals surface area contributed by atoms with Crippen LogP contribution in [0, 0.1) is 5.92 Å². The van der Waals surface area contributed by atoms with Crippen LogP contribution in [0.2, 0.25) is 0 Å². The van der Waals surface area contributed by atoms with Crippen LogP contribution in [0.4, 0.5) is 0 Å². The summed E-state index contributed by atoms with van der Waals surface area (Å²) < 4.78 is 15.4. The van der Waals surface area contributed by atoms with E-state index in [1.54, 1.807) is 12.0 Å². The Morgan fingerprint density at radius 3 is 2.81 bits per heavy atom. The molecule has 1 saturated heterocycles. The lowest BCUT2D eigenvalue weighted by atomic mass is 10.1. The number of carboxylic acid groups (broad SMARTS) is 1. The summed E-state index contributed by atoms with van der Waals surface area (Å²) in [6.07, 6.45) is 0.866. The van der Waals surface area contributed by atoms with Crippen molar-refractivity contribution in [2.24, 2.45) is 5.92 Å². The van der Waals surface area contributed by atoms with E-state index >= 15 is 0 Å². The van der Waals surface area contributed by atoms with Crippen molar-refractivity contribution in [3.8, 4) is 0 Å². The molecule has 0 bridgehead atoms. The molecule has 1 atom stereocenters. The third-order valence-corrected chi connectivity index (χ3v) is 3.39. The molecule has 1 aliphatic rings. The number of furan rings is 1. The number of carbonyl (C=O) groups excluding carboxylic acids is 1. The Balaban J connectivity index is 1.82. The molecule has 2 heterocycles. The van der Waals surface area contributed by atoms with Crippen molar-refractivity contribution in [3.63, 3.8) is 0 Å². The Morgan fingerprint density at radius 1 is 1.38 bits per heavy atom. The van der Waals surface area contributed by atoms with Crippen LogP contribution in [0.25, 0.3) is 0 Å². The number of ether oxygens (including phenoxy) is 2. The number of aromatic carboxylic acids is 1. The summed E-state index contributed by atoms with van der Waals surface area (Å²) in [6.45, 7) is 2.90. The number of carboxylic acids is 1. The summed E-state index contributed by atoms with van der Waals surface area (Å²) in [7, 11) is 1.62. The maximum Gasteiger partial charge on any atom is 0.371 e. The van der Waals surface area contributed by atoms with Crippen LogP contribution in [-0.2, 0) is 9.47 Å². The van der Waals surface area contributed by atoms with Gasteiger partial charge in [0.25, 0.3) is 5.91 Å². The number of rotatable bonds is 7. The molecule has 0 spiro atoms. The zero-order valence-electron chi connectivity index (χ0n) is 11.9. The first-order valence-corrected chi connectivity index (χ1v) is 6.81. The average molecular weight is 297 g/mol. The van der Waals surface area contributed by atoms with Crippen LogP contribution in [0.3, 0.4) is 0 Å². The molecule has 21 heavy (non-hydrogen) atoms. The highest BCUT2D eigenvalue weighted by Crippen LogP contribution is 2.20. The lowest BCUT2D eigenvalue weighted by Gasteiger charge is -2.15. The second-order valence-electron chi connectivity index (χ2n) is 4.94. The van der Waals surface area contributed by atoms with Gasteiger partial charge in [0.1, 0.15) is 0 Å². The van der Waals surface area contributed by atoms with Gasteiger partial charge in [0.2, 0.25) is 5.76 Å². The number of carbonyl (C=O) groups is 2. The van der Waals surface area contributed by atoms with Crippen LogP contribution in [0.15, 0.2) is 16.5 Å². The maximum atomic E-state index is 12.2. The highest BCUT2D eigenvalue weighted by atomic mass is 16.5. The Hall–Kier alpha value is -1.86. The SMILES string of the molecule is COCCOCC1CCN(C(=O)c2ccc(C(=O)O)o2)C1. The van der Waals surface area contributed by atoms with Gasteiger partial charge in [-0.15, -0.1) is 0 Å². The molecule has 1 amide bonds. The van der Waals surface area contributed by atoms with Crippen molar-refractivity contribution in [2.45, 2.75) is 6.42 Å². The van der Waals surface area contributed by atoms with E-state index in [0.717, 1.165) is 6.42 Å². The quantitative estimate of drug-likeness (QED) is 0.758. The minimum atomic E-state index is -1.18. The minimum Gasteiger partial charge on any atom is -0.475 e. The third-order valence-electron chi connectivity index (χ3n) is 3.39. The molecular weight excluding hydrogens is 278 g/mol. The molecule has 0 aliphatic carbocycles. The number of likely N-dealkylation sites (tertiary alicyclic amines) is 1. The number of hydrogen-bond donors (Lipinski definition) is 1. The van der Waals surface area contributed by atoms with E-state index in [9.17, 15) is 9.59 Å². The van der Waals surface area contributed by atoms with Crippen molar-refractivity contribution >= 4 is 11.9 Å².